The van der Waals surface area contributed by atoms with Gasteiger partial charge in [-0.1, -0.05) is 45.0 Å². The third kappa shape index (κ3) is 5.55. The number of benzene rings is 2. The van der Waals surface area contributed by atoms with Crippen LogP contribution in [0, 0.1) is 16.7 Å². The maximum atomic E-state index is 12.3. The number of methoxy groups -OCH3 is 1. The molecule has 2 aromatic carbocycles. The SMILES string of the molecule is COC(=O)c1ccc(COc2ccc(/C=C(\C#N)C(=O)C(C)(C)C)cc2)cc1. The third-order valence-electron chi connectivity index (χ3n) is 4.02. The second-order valence-electron chi connectivity index (χ2n) is 7.30. The predicted molar refractivity (Wildman–Crippen MR) is 107 cm³/mol. The Morgan fingerprint density at radius 3 is 2.14 bits per heavy atom. The summed E-state index contributed by atoms with van der Waals surface area (Å²) in [5.41, 5.74) is 1.68. The molecular formula is C23H23NO4. The van der Waals surface area contributed by atoms with E-state index in [-0.39, 0.29) is 17.3 Å². The lowest BCUT2D eigenvalue weighted by Crippen LogP contribution is -2.21. The molecule has 0 heterocycles. The molecule has 0 N–H and O–H groups in total. The Balaban J connectivity index is 2.03. The summed E-state index contributed by atoms with van der Waals surface area (Å²) < 4.78 is 10.4. The highest BCUT2D eigenvalue weighted by atomic mass is 16.5. The number of hydrogen-bond acceptors (Lipinski definition) is 5. The molecule has 0 amide bonds. The van der Waals surface area contributed by atoms with Crippen LogP contribution in [0.15, 0.2) is 54.1 Å². The second-order valence-corrected chi connectivity index (χ2v) is 7.30. The number of ether oxygens (including phenoxy) is 2. The summed E-state index contributed by atoms with van der Waals surface area (Å²) in [6.45, 7) is 5.71. The molecule has 0 radical (unpaired) electrons. The van der Waals surface area contributed by atoms with Crippen molar-refractivity contribution in [2.45, 2.75) is 27.4 Å². The number of carbonyl (C=O) groups is 2. The van der Waals surface area contributed by atoms with Crippen LogP contribution in [0.2, 0.25) is 0 Å². The zero-order chi connectivity index (χ0) is 20.7. The minimum Gasteiger partial charge on any atom is -0.489 e. The summed E-state index contributed by atoms with van der Waals surface area (Å²) in [4.78, 5) is 23.7. The number of hydrogen-bond donors (Lipinski definition) is 0. The highest BCUT2D eigenvalue weighted by Gasteiger charge is 2.24. The maximum Gasteiger partial charge on any atom is 0.337 e. The van der Waals surface area contributed by atoms with Crippen molar-refractivity contribution >= 4 is 17.8 Å². The van der Waals surface area contributed by atoms with Crippen molar-refractivity contribution in [2.24, 2.45) is 5.41 Å². The van der Waals surface area contributed by atoms with Crippen LogP contribution in [0.5, 0.6) is 5.75 Å². The lowest BCUT2D eigenvalue weighted by molar-refractivity contribution is -0.121. The van der Waals surface area contributed by atoms with Gasteiger partial charge in [0.15, 0.2) is 5.78 Å². The molecule has 144 valence electrons. The molecule has 2 rings (SSSR count). The fraction of sp³-hybridized carbons (Fsp3) is 0.261. The van der Waals surface area contributed by atoms with Gasteiger partial charge in [-0.3, -0.25) is 4.79 Å². The molecule has 0 saturated carbocycles. The lowest BCUT2D eigenvalue weighted by Gasteiger charge is -2.15. The Morgan fingerprint density at radius 2 is 1.64 bits per heavy atom. The number of ketones is 1. The van der Waals surface area contributed by atoms with Gasteiger partial charge in [-0.25, -0.2) is 4.79 Å². The fourth-order valence-corrected chi connectivity index (χ4v) is 2.40. The van der Waals surface area contributed by atoms with Crippen LogP contribution in [-0.2, 0) is 16.1 Å². The van der Waals surface area contributed by atoms with Crippen LogP contribution >= 0.6 is 0 Å². The molecule has 0 bridgehead atoms. The van der Waals surface area contributed by atoms with Crippen LogP contribution in [0.4, 0.5) is 0 Å². The fourth-order valence-electron chi connectivity index (χ4n) is 2.40. The van der Waals surface area contributed by atoms with Crippen molar-refractivity contribution in [3.63, 3.8) is 0 Å². The number of allylic oxidation sites excluding steroid dienone is 1. The molecule has 0 aliphatic carbocycles. The Labute approximate surface area is 165 Å². The van der Waals surface area contributed by atoms with Gasteiger partial charge in [0.2, 0.25) is 0 Å². The predicted octanol–water partition coefficient (Wildman–Crippen LogP) is 4.57. The van der Waals surface area contributed by atoms with Crippen LogP contribution in [0.25, 0.3) is 6.08 Å². The molecule has 0 aliphatic rings. The molecule has 0 saturated heterocycles. The maximum absolute atomic E-state index is 12.3. The number of nitrogens with zero attached hydrogens (tertiary/aromatic N) is 1. The molecule has 0 spiro atoms. The van der Waals surface area contributed by atoms with E-state index in [1.54, 1.807) is 75.4 Å². The lowest BCUT2D eigenvalue weighted by atomic mass is 9.86. The van der Waals surface area contributed by atoms with E-state index in [0.717, 1.165) is 11.1 Å². The minimum absolute atomic E-state index is 0.131. The quantitative estimate of drug-likeness (QED) is 0.418. The zero-order valence-electron chi connectivity index (χ0n) is 16.5. The molecule has 5 nitrogen and oxygen atoms in total. The summed E-state index contributed by atoms with van der Waals surface area (Å²) in [5, 5.41) is 9.26. The first-order chi connectivity index (χ1) is 13.2. The second kappa shape index (κ2) is 9.01. The van der Waals surface area contributed by atoms with Crippen LogP contribution in [0.1, 0.15) is 42.3 Å². The highest BCUT2D eigenvalue weighted by Crippen LogP contribution is 2.22. The third-order valence-corrected chi connectivity index (χ3v) is 4.02. The molecule has 0 atom stereocenters. The first-order valence-electron chi connectivity index (χ1n) is 8.81. The van der Waals surface area contributed by atoms with E-state index in [9.17, 15) is 14.9 Å². The van der Waals surface area contributed by atoms with Gasteiger partial charge in [-0.15, -0.1) is 0 Å². The summed E-state index contributed by atoms with van der Waals surface area (Å²) in [6, 6.07) is 16.1. The normalized spacial score (nSPS) is 11.5. The van der Waals surface area contributed by atoms with Crippen molar-refractivity contribution in [1.29, 1.82) is 5.26 Å². The van der Waals surface area contributed by atoms with E-state index in [1.807, 2.05) is 6.07 Å². The van der Waals surface area contributed by atoms with E-state index in [4.69, 9.17) is 4.74 Å². The Bertz CT molecular complexity index is 911. The van der Waals surface area contributed by atoms with Gasteiger partial charge in [0.25, 0.3) is 0 Å². The summed E-state index contributed by atoms with van der Waals surface area (Å²) >= 11 is 0. The summed E-state index contributed by atoms with van der Waals surface area (Å²) in [6.07, 6.45) is 1.59. The van der Waals surface area contributed by atoms with Crippen LogP contribution < -0.4 is 4.74 Å². The first kappa shape index (κ1) is 20.9. The molecule has 0 aromatic heterocycles. The van der Waals surface area contributed by atoms with Gasteiger partial charge in [-0.05, 0) is 41.5 Å². The molecule has 0 aliphatic heterocycles. The van der Waals surface area contributed by atoms with Crippen molar-refractivity contribution in [2.75, 3.05) is 7.11 Å². The minimum atomic E-state index is -0.603. The number of rotatable bonds is 6. The molecule has 2 aromatic rings. The van der Waals surface area contributed by atoms with Crippen molar-refractivity contribution in [3.8, 4) is 11.8 Å². The highest BCUT2D eigenvalue weighted by molar-refractivity contribution is 6.06. The van der Waals surface area contributed by atoms with E-state index in [1.165, 1.54) is 7.11 Å². The topological polar surface area (TPSA) is 76.4 Å². The van der Waals surface area contributed by atoms with Gasteiger partial charge < -0.3 is 9.47 Å². The Morgan fingerprint density at radius 1 is 1.04 bits per heavy atom. The van der Waals surface area contributed by atoms with Gasteiger partial charge >= 0.3 is 5.97 Å². The van der Waals surface area contributed by atoms with Crippen molar-refractivity contribution in [1.82, 2.24) is 0 Å². The van der Waals surface area contributed by atoms with Gasteiger partial charge in [0.1, 0.15) is 18.4 Å². The first-order valence-corrected chi connectivity index (χ1v) is 8.81. The molecule has 0 unspecified atom stereocenters. The van der Waals surface area contributed by atoms with Gasteiger partial charge in [-0.2, -0.15) is 5.26 Å². The number of nitriles is 1. The van der Waals surface area contributed by atoms with Gasteiger partial charge in [0, 0.05) is 5.41 Å². The monoisotopic (exact) mass is 377 g/mol. The van der Waals surface area contributed by atoms with E-state index >= 15 is 0 Å². The number of esters is 1. The number of Topliss-reactive ketones (excluding diaryl/α,β-unsaturated/α-hetero) is 1. The Kier molecular flexibility index (Phi) is 6.73. The standard InChI is InChI=1S/C23H23NO4/c1-23(2,3)21(25)19(14-24)13-16-7-11-20(12-8-16)28-15-17-5-9-18(10-6-17)22(26)27-4/h5-13H,15H2,1-4H3/b19-13+. The van der Waals surface area contributed by atoms with Crippen LogP contribution in [-0.4, -0.2) is 18.9 Å². The summed E-state index contributed by atoms with van der Waals surface area (Å²) in [5.74, 6) is 0.0957. The Hall–Kier alpha value is -3.39. The smallest absolute Gasteiger partial charge is 0.337 e. The summed E-state index contributed by atoms with van der Waals surface area (Å²) in [7, 11) is 1.34. The van der Waals surface area contributed by atoms with Crippen molar-refractivity contribution in [3.05, 3.63) is 70.8 Å². The average Bonchev–Trinajstić information content (AvgIpc) is 2.70. The van der Waals surface area contributed by atoms with E-state index < -0.39 is 5.41 Å². The van der Waals surface area contributed by atoms with E-state index in [0.29, 0.717) is 17.9 Å². The number of carbonyl (C=O) groups excluding carboxylic acids is 2. The van der Waals surface area contributed by atoms with E-state index in [2.05, 4.69) is 4.74 Å². The average molecular weight is 377 g/mol. The van der Waals surface area contributed by atoms with Gasteiger partial charge in [0.05, 0.1) is 18.2 Å². The molecule has 0 fully saturated rings. The zero-order valence-corrected chi connectivity index (χ0v) is 16.5. The molecule has 28 heavy (non-hydrogen) atoms. The molecule has 5 heteroatoms. The largest absolute Gasteiger partial charge is 0.489 e. The molecular weight excluding hydrogens is 354 g/mol. The van der Waals surface area contributed by atoms with Crippen LogP contribution in [0.3, 0.4) is 0 Å². The van der Waals surface area contributed by atoms with Crippen molar-refractivity contribution < 1.29 is 19.1 Å².